The average Bonchev–Trinajstić information content (AvgIpc) is 2.85. The predicted octanol–water partition coefficient (Wildman–Crippen LogP) is 5.36. The van der Waals surface area contributed by atoms with Gasteiger partial charge in [0.1, 0.15) is 11.6 Å². The first kappa shape index (κ1) is 22.7. The molecule has 5 nitrogen and oxygen atoms in total. The van der Waals surface area contributed by atoms with Crippen molar-refractivity contribution >= 4 is 17.4 Å². The number of rotatable bonds is 4. The topological polar surface area (TPSA) is 71.1 Å². The number of carbonyl (C=O) groups is 2. The summed E-state index contributed by atoms with van der Waals surface area (Å²) in [6, 6.07) is 16.4. The summed E-state index contributed by atoms with van der Waals surface area (Å²) in [5, 5.41) is 5.85. The zero-order chi connectivity index (χ0) is 24.5. The van der Waals surface area contributed by atoms with Gasteiger partial charge in [0.2, 0.25) is 0 Å². The highest BCUT2D eigenvalue weighted by molar-refractivity contribution is 6.10. The number of allylic oxidation sites excluding steroid dienone is 3. The van der Waals surface area contributed by atoms with E-state index in [-0.39, 0.29) is 17.4 Å². The van der Waals surface area contributed by atoms with E-state index >= 15 is 0 Å². The molecule has 7 heteroatoms. The normalized spacial score (nSPS) is 19.8. The molecule has 2 N–H and O–H groups in total. The van der Waals surface area contributed by atoms with Gasteiger partial charge in [-0.25, -0.2) is 8.78 Å². The number of benzene rings is 2. The van der Waals surface area contributed by atoms with Crippen LogP contribution in [0.15, 0.2) is 95.6 Å². The van der Waals surface area contributed by atoms with Crippen LogP contribution in [0.1, 0.15) is 42.7 Å². The molecular weight excluding hydrogens is 448 g/mol. The Morgan fingerprint density at radius 2 is 1.74 bits per heavy atom. The summed E-state index contributed by atoms with van der Waals surface area (Å²) in [4.78, 5) is 31.1. The van der Waals surface area contributed by atoms with Crippen LogP contribution in [0.25, 0.3) is 0 Å². The van der Waals surface area contributed by atoms with E-state index in [2.05, 4.69) is 15.6 Å². The van der Waals surface area contributed by atoms with Crippen LogP contribution < -0.4 is 10.6 Å². The first-order valence-electron chi connectivity index (χ1n) is 11.4. The number of carbonyl (C=O) groups excluding carboxylic acids is 2. The zero-order valence-corrected chi connectivity index (χ0v) is 19.0. The van der Waals surface area contributed by atoms with E-state index in [4.69, 9.17) is 0 Å². The van der Waals surface area contributed by atoms with Crippen LogP contribution in [0.5, 0.6) is 0 Å². The third kappa shape index (κ3) is 4.37. The lowest BCUT2D eigenvalue weighted by molar-refractivity contribution is -0.116. The fourth-order valence-electron chi connectivity index (χ4n) is 4.97. The third-order valence-corrected chi connectivity index (χ3v) is 6.56. The number of nitrogens with one attached hydrogen (secondary N) is 2. The van der Waals surface area contributed by atoms with Crippen molar-refractivity contribution in [2.45, 2.75) is 31.6 Å². The summed E-state index contributed by atoms with van der Waals surface area (Å²) in [6.07, 6.45) is 4.18. The summed E-state index contributed by atoms with van der Waals surface area (Å²) < 4.78 is 27.6. The summed E-state index contributed by atoms with van der Waals surface area (Å²) in [6.45, 7) is 1.77. The van der Waals surface area contributed by atoms with E-state index in [1.165, 1.54) is 6.07 Å². The molecule has 0 fully saturated rings. The maximum atomic E-state index is 14.3. The Labute approximate surface area is 201 Å². The molecule has 0 saturated heterocycles. The first-order valence-corrected chi connectivity index (χ1v) is 11.4. The lowest BCUT2D eigenvalue weighted by Gasteiger charge is -2.37. The number of amides is 1. The molecule has 3 aromatic rings. The molecule has 2 unspecified atom stereocenters. The number of halogens is 2. The van der Waals surface area contributed by atoms with Crippen LogP contribution in [0, 0.1) is 11.6 Å². The highest BCUT2D eigenvalue weighted by atomic mass is 19.1. The van der Waals surface area contributed by atoms with E-state index in [0.717, 1.165) is 22.9 Å². The van der Waals surface area contributed by atoms with Crippen LogP contribution in [0.3, 0.4) is 0 Å². The van der Waals surface area contributed by atoms with E-state index in [1.54, 1.807) is 31.5 Å². The molecule has 35 heavy (non-hydrogen) atoms. The highest BCUT2D eigenvalue weighted by Gasteiger charge is 2.41. The molecule has 2 aromatic carbocycles. The second kappa shape index (κ2) is 9.25. The van der Waals surface area contributed by atoms with Gasteiger partial charge in [0.05, 0.1) is 5.69 Å². The summed E-state index contributed by atoms with van der Waals surface area (Å²) in [5.74, 6) is -2.82. The van der Waals surface area contributed by atoms with Gasteiger partial charge in [-0.3, -0.25) is 14.6 Å². The Morgan fingerprint density at radius 3 is 2.46 bits per heavy atom. The number of nitrogens with zero attached hydrogens (tertiary/aromatic N) is 1. The van der Waals surface area contributed by atoms with E-state index in [0.29, 0.717) is 35.8 Å². The maximum absolute atomic E-state index is 14.3. The molecule has 5 rings (SSSR count). The fourth-order valence-corrected chi connectivity index (χ4v) is 4.97. The van der Waals surface area contributed by atoms with Crippen LogP contribution >= 0.6 is 0 Å². The third-order valence-electron chi connectivity index (χ3n) is 6.56. The van der Waals surface area contributed by atoms with Gasteiger partial charge in [-0.05, 0) is 54.7 Å². The van der Waals surface area contributed by atoms with Crippen molar-refractivity contribution in [1.29, 1.82) is 0 Å². The number of dihydropyridines is 1. The number of Topliss-reactive ketones (excluding diaryl/α,β-unsaturated/α-hetero) is 1. The number of hydrogen-bond donors (Lipinski definition) is 2. The highest BCUT2D eigenvalue weighted by Crippen LogP contribution is 2.45. The molecule has 2 atom stereocenters. The molecule has 0 saturated carbocycles. The zero-order valence-electron chi connectivity index (χ0n) is 19.0. The number of hydrogen-bond acceptors (Lipinski definition) is 4. The minimum Gasteiger partial charge on any atom is -0.362 e. The molecule has 0 radical (unpaired) electrons. The molecule has 1 aliphatic carbocycles. The van der Waals surface area contributed by atoms with Gasteiger partial charge >= 0.3 is 0 Å². The van der Waals surface area contributed by atoms with Crippen molar-refractivity contribution < 1.29 is 18.4 Å². The molecule has 0 bridgehead atoms. The number of ketones is 1. The number of aromatic nitrogens is 1. The lowest BCUT2D eigenvalue weighted by atomic mass is 9.71. The van der Waals surface area contributed by atoms with Crippen molar-refractivity contribution in [3.05, 3.63) is 118 Å². The lowest BCUT2D eigenvalue weighted by Crippen LogP contribution is -2.37. The average molecular weight is 472 g/mol. The molecule has 1 aliphatic heterocycles. The van der Waals surface area contributed by atoms with Crippen LogP contribution in [-0.2, 0) is 9.59 Å². The smallest absolute Gasteiger partial charge is 0.254 e. The maximum Gasteiger partial charge on any atom is 0.254 e. The van der Waals surface area contributed by atoms with Gasteiger partial charge in [-0.1, -0.05) is 30.3 Å². The number of pyridine rings is 1. The molecule has 2 aliphatic rings. The van der Waals surface area contributed by atoms with Crippen molar-refractivity contribution in [2.24, 2.45) is 0 Å². The van der Waals surface area contributed by atoms with Crippen molar-refractivity contribution in [1.82, 2.24) is 10.3 Å². The number of anilines is 1. The van der Waals surface area contributed by atoms with Gasteiger partial charge in [-0.15, -0.1) is 0 Å². The second-order valence-corrected chi connectivity index (χ2v) is 8.79. The Hall–Kier alpha value is -4.13. The monoisotopic (exact) mass is 471 g/mol. The van der Waals surface area contributed by atoms with Gasteiger partial charge in [-0.2, -0.15) is 0 Å². The molecule has 176 valence electrons. The van der Waals surface area contributed by atoms with Gasteiger partial charge in [0.25, 0.3) is 5.91 Å². The Bertz CT molecular complexity index is 1370. The minimum absolute atomic E-state index is 0.0320. The summed E-state index contributed by atoms with van der Waals surface area (Å²) in [7, 11) is 0. The van der Waals surface area contributed by atoms with Crippen molar-refractivity contribution in [3.8, 4) is 0 Å². The first-order chi connectivity index (χ1) is 16.9. The second-order valence-electron chi connectivity index (χ2n) is 8.79. The molecular formula is C28H23F2N3O2. The molecule has 2 heterocycles. The van der Waals surface area contributed by atoms with Crippen LogP contribution in [-0.4, -0.2) is 16.7 Å². The van der Waals surface area contributed by atoms with Gasteiger partial charge in [0, 0.05) is 53.3 Å². The van der Waals surface area contributed by atoms with Crippen LogP contribution in [0.4, 0.5) is 14.5 Å². The largest absolute Gasteiger partial charge is 0.362 e. The Kier molecular flexibility index (Phi) is 5.99. The standard InChI is InChI=1S/C28H23F2N3O2/c1-16-25(28(35)33-22-8-7-20(29)15-21(22)30)26(18-9-11-31-12-10-18)27-23(32-16)13-19(14-24(27)34)17-5-3-2-4-6-17/h2-12,15,19,26,32H,13-14H2,1H3,(H,33,35). The summed E-state index contributed by atoms with van der Waals surface area (Å²) in [5.41, 5.74) is 3.91. The minimum atomic E-state index is -0.875. The molecule has 0 spiro atoms. The van der Waals surface area contributed by atoms with E-state index in [1.807, 2.05) is 30.3 Å². The van der Waals surface area contributed by atoms with E-state index < -0.39 is 23.5 Å². The Morgan fingerprint density at radius 1 is 1.00 bits per heavy atom. The summed E-state index contributed by atoms with van der Waals surface area (Å²) >= 11 is 0. The van der Waals surface area contributed by atoms with Crippen LogP contribution in [0.2, 0.25) is 0 Å². The predicted molar refractivity (Wildman–Crippen MR) is 128 cm³/mol. The SMILES string of the molecule is CC1=C(C(=O)Nc2ccc(F)cc2F)C(c2ccncc2)C2=C(CC(c3ccccc3)CC2=O)N1. The molecule has 1 amide bonds. The Balaban J connectivity index is 1.55. The molecule has 1 aromatic heterocycles. The fraction of sp³-hybridized carbons (Fsp3) is 0.179. The van der Waals surface area contributed by atoms with E-state index in [9.17, 15) is 18.4 Å². The quantitative estimate of drug-likeness (QED) is 0.538. The van der Waals surface area contributed by atoms with Gasteiger partial charge in [0.15, 0.2) is 5.78 Å². The van der Waals surface area contributed by atoms with Crippen molar-refractivity contribution in [2.75, 3.05) is 5.32 Å². The van der Waals surface area contributed by atoms with Crippen molar-refractivity contribution in [3.63, 3.8) is 0 Å². The van der Waals surface area contributed by atoms with Gasteiger partial charge < -0.3 is 10.6 Å².